The van der Waals surface area contributed by atoms with Crippen LogP contribution in [0.25, 0.3) is 0 Å². The number of hydrogen-bond donors (Lipinski definition) is 1. The highest BCUT2D eigenvalue weighted by Crippen LogP contribution is 2.38. The van der Waals surface area contributed by atoms with Crippen LogP contribution >= 0.6 is 0 Å². The lowest BCUT2D eigenvalue weighted by molar-refractivity contribution is 0.169. The van der Waals surface area contributed by atoms with Gasteiger partial charge in [-0.05, 0) is 19.1 Å². The minimum Gasteiger partial charge on any atom is -0.496 e. The number of hydrogen-bond acceptors (Lipinski definition) is 5. The van der Waals surface area contributed by atoms with Crippen LogP contribution < -0.4 is 9.47 Å². The Morgan fingerprint density at radius 1 is 1.52 bits per heavy atom. The summed E-state index contributed by atoms with van der Waals surface area (Å²) in [7, 11) is 3.42. The summed E-state index contributed by atoms with van der Waals surface area (Å²) in [5.41, 5.74) is 1.84. The van der Waals surface area contributed by atoms with E-state index in [1.165, 1.54) is 6.33 Å². The highest BCUT2D eigenvalue weighted by molar-refractivity contribution is 5.49. The number of aliphatic hydroxyl groups excluding tert-OH is 1. The molecule has 6 heteroatoms. The third-order valence-electron chi connectivity index (χ3n) is 3.79. The number of aromatic nitrogens is 3. The second kappa shape index (κ2) is 5.37. The third-order valence-corrected chi connectivity index (χ3v) is 3.79. The van der Waals surface area contributed by atoms with Crippen molar-refractivity contribution in [1.29, 1.82) is 0 Å². The quantitative estimate of drug-likeness (QED) is 0.922. The Labute approximate surface area is 123 Å². The first-order valence-corrected chi connectivity index (χ1v) is 6.97. The Balaban J connectivity index is 1.90. The number of nitrogens with zero attached hydrogens (tertiary/aromatic N) is 3. The van der Waals surface area contributed by atoms with Crippen molar-refractivity contribution in [3.8, 4) is 11.5 Å². The summed E-state index contributed by atoms with van der Waals surface area (Å²) in [6.45, 7) is 2.03. The van der Waals surface area contributed by atoms with E-state index >= 15 is 0 Å². The third kappa shape index (κ3) is 2.58. The topological polar surface area (TPSA) is 69.4 Å². The number of aliphatic hydroxyl groups is 1. The van der Waals surface area contributed by atoms with Crippen LogP contribution in [0.2, 0.25) is 0 Å². The normalized spacial score (nSPS) is 18.2. The molecule has 0 spiro atoms. The molecule has 1 aliphatic heterocycles. The molecule has 0 saturated carbocycles. The Hall–Kier alpha value is -2.08. The summed E-state index contributed by atoms with van der Waals surface area (Å²) in [6.07, 6.45) is 2.17. The molecule has 2 heterocycles. The molecular formula is C15H19N3O3. The van der Waals surface area contributed by atoms with Crippen molar-refractivity contribution in [2.45, 2.75) is 32.0 Å². The predicted molar refractivity (Wildman–Crippen MR) is 76.5 cm³/mol. The van der Waals surface area contributed by atoms with E-state index in [-0.39, 0.29) is 6.10 Å². The minimum absolute atomic E-state index is 0.163. The molecule has 3 rings (SSSR count). The zero-order valence-corrected chi connectivity index (χ0v) is 12.4. The summed E-state index contributed by atoms with van der Waals surface area (Å²) >= 11 is 0. The fourth-order valence-electron chi connectivity index (χ4n) is 2.68. The van der Waals surface area contributed by atoms with Gasteiger partial charge in [-0.2, -0.15) is 5.10 Å². The lowest BCUT2D eigenvalue weighted by atomic mass is 10.0. The van der Waals surface area contributed by atoms with E-state index in [9.17, 15) is 5.11 Å². The molecule has 21 heavy (non-hydrogen) atoms. The maximum Gasteiger partial charge on any atom is 0.138 e. The van der Waals surface area contributed by atoms with Crippen molar-refractivity contribution in [1.82, 2.24) is 14.8 Å². The Bertz CT molecular complexity index is 654. The van der Waals surface area contributed by atoms with Crippen molar-refractivity contribution in [3.63, 3.8) is 0 Å². The summed E-state index contributed by atoms with van der Waals surface area (Å²) in [5.74, 6) is 2.23. The van der Waals surface area contributed by atoms with Crippen LogP contribution in [0.1, 0.15) is 30.0 Å². The number of benzene rings is 1. The van der Waals surface area contributed by atoms with Gasteiger partial charge in [0.1, 0.15) is 29.8 Å². The van der Waals surface area contributed by atoms with Gasteiger partial charge in [-0.1, -0.05) is 0 Å². The fraction of sp³-hybridized carbons (Fsp3) is 0.467. The maximum absolute atomic E-state index is 10.5. The first-order valence-electron chi connectivity index (χ1n) is 6.97. The number of ether oxygens (including phenoxy) is 2. The molecule has 1 N–H and O–H groups in total. The van der Waals surface area contributed by atoms with Gasteiger partial charge >= 0.3 is 0 Å². The molecule has 2 unspecified atom stereocenters. The highest BCUT2D eigenvalue weighted by Gasteiger charge is 2.24. The summed E-state index contributed by atoms with van der Waals surface area (Å²) in [6, 6.07) is 3.83. The monoisotopic (exact) mass is 289 g/mol. The molecule has 0 radical (unpaired) electrons. The molecule has 0 bridgehead atoms. The molecule has 1 aromatic carbocycles. The lowest BCUT2D eigenvalue weighted by Gasteiger charge is -2.16. The van der Waals surface area contributed by atoms with Gasteiger partial charge in [-0.25, -0.2) is 4.98 Å². The van der Waals surface area contributed by atoms with Crippen LogP contribution in [0.4, 0.5) is 0 Å². The van der Waals surface area contributed by atoms with Crippen molar-refractivity contribution in [3.05, 3.63) is 35.4 Å². The Kier molecular flexibility index (Phi) is 3.55. The summed E-state index contributed by atoms with van der Waals surface area (Å²) < 4.78 is 12.8. The van der Waals surface area contributed by atoms with Crippen LogP contribution in [0.3, 0.4) is 0 Å². The Morgan fingerprint density at radius 2 is 2.33 bits per heavy atom. The molecule has 0 amide bonds. The molecule has 6 nitrogen and oxygen atoms in total. The van der Waals surface area contributed by atoms with E-state index in [1.54, 1.807) is 18.8 Å². The molecule has 1 aliphatic rings. The standard InChI is InChI=1S/C15H19N3O3/c1-9-4-10-5-14(20-3)11(6-13(10)21-9)12(19)7-15-16-8-17-18(15)2/h5-6,8-9,12,19H,4,7H2,1-3H3. The van der Waals surface area contributed by atoms with E-state index in [1.807, 2.05) is 19.1 Å². The van der Waals surface area contributed by atoms with Crippen molar-refractivity contribution >= 4 is 0 Å². The average Bonchev–Trinajstić information content (AvgIpc) is 3.01. The molecule has 1 aromatic heterocycles. The first kappa shape index (κ1) is 13.9. The SMILES string of the molecule is COc1cc2c(cc1C(O)Cc1ncnn1C)OC(C)C2. The first-order chi connectivity index (χ1) is 10.1. The molecule has 0 aliphatic carbocycles. The number of fused-ring (bicyclic) bond motifs is 1. The van der Waals surface area contributed by atoms with Crippen LogP contribution in [0, 0.1) is 0 Å². The van der Waals surface area contributed by atoms with Crippen molar-refractivity contribution in [2.75, 3.05) is 7.11 Å². The molecule has 112 valence electrons. The molecule has 2 atom stereocenters. The van der Waals surface area contributed by atoms with Crippen molar-refractivity contribution in [2.24, 2.45) is 7.05 Å². The lowest BCUT2D eigenvalue weighted by Crippen LogP contribution is -2.09. The average molecular weight is 289 g/mol. The smallest absolute Gasteiger partial charge is 0.138 e. The fourth-order valence-corrected chi connectivity index (χ4v) is 2.68. The number of rotatable bonds is 4. The van der Waals surface area contributed by atoms with E-state index in [4.69, 9.17) is 9.47 Å². The number of methoxy groups -OCH3 is 1. The largest absolute Gasteiger partial charge is 0.496 e. The van der Waals surface area contributed by atoms with E-state index in [0.29, 0.717) is 17.7 Å². The molecular weight excluding hydrogens is 270 g/mol. The van der Waals surface area contributed by atoms with E-state index in [2.05, 4.69) is 10.1 Å². The van der Waals surface area contributed by atoms with Crippen LogP contribution in [0.15, 0.2) is 18.5 Å². The molecule has 0 fully saturated rings. The van der Waals surface area contributed by atoms with Gasteiger partial charge in [0.15, 0.2) is 0 Å². The summed E-state index contributed by atoms with van der Waals surface area (Å²) in [4.78, 5) is 4.14. The van der Waals surface area contributed by atoms with E-state index in [0.717, 1.165) is 23.6 Å². The zero-order valence-electron chi connectivity index (χ0n) is 12.4. The highest BCUT2D eigenvalue weighted by atomic mass is 16.5. The van der Waals surface area contributed by atoms with Crippen molar-refractivity contribution < 1.29 is 14.6 Å². The zero-order chi connectivity index (χ0) is 15.0. The van der Waals surface area contributed by atoms with Gasteiger partial charge in [-0.15, -0.1) is 0 Å². The second-order valence-corrected chi connectivity index (χ2v) is 5.35. The van der Waals surface area contributed by atoms with Gasteiger partial charge in [0.25, 0.3) is 0 Å². The minimum atomic E-state index is -0.715. The van der Waals surface area contributed by atoms with Gasteiger partial charge in [0.2, 0.25) is 0 Å². The van der Waals surface area contributed by atoms with Gasteiger partial charge in [0, 0.05) is 31.0 Å². The second-order valence-electron chi connectivity index (χ2n) is 5.35. The van der Waals surface area contributed by atoms with E-state index < -0.39 is 6.10 Å². The Morgan fingerprint density at radius 3 is 3.00 bits per heavy atom. The van der Waals surface area contributed by atoms with Gasteiger partial charge < -0.3 is 14.6 Å². The van der Waals surface area contributed by atoms with Crippen LogP contribution in [-0.2, 0) is 19.9 Å². The van der Waals surface area contributed by atoms with Crippen LogP contribution in [-0.4, -0.2) is 33.1 Å². The summed E-state index contributed by atoms with van der Waals surface area (Å²) in [5, 5.41) is 14.5. The molecule has 2 aromatic rings. The van der Waals surface area contributed by atoms with Gasteiger partial charge in [-0.3, -0.25) is 4.68 Å². The molecule has 0 saturated heterocycles. The number of aryl methyl sites for hydroxylation is 1. The predicted octanol–water partition coefficient (Wildman–Crippen LogP) is 1.42. The van der Waals surface area contributed by atoms with Gasteiger partial charge in [0.05, 0.1) is 13.2 Å². The maximum atomic E-state index is 10.5. The van der Waals surface area contributed by atoms with Crippen LogP contribution in [0.5, 0.6) is 11.5 Å².